The fourth-order valence-corrected chi connectivity index (χ4v) is 4.93. The zero-order valence-electron chi connectivity index (χ0n) is 18.0. The van der Waals surface area contributed by atoms with Crippen molar-refractivity contribution in [2.24, 2.45) is 12.0 Å². The van der Waals surface area contributed by atoms with E-state index in [2.05, 4.69) is 5.10 Å². The highest BCUT2D eigenvalue weighted by molar-refractivity contribution is 7.12. The fourth-order valence-electron chi connectivity index (χ4n) is 3.94. The number of hydrogen-bond acceptors (Lipinski definition) is 7. The van der Waals surface area contributed by atoms with Crippen molar-refractivity contribution in [1.82, 2.24) is 9.78 Å². The van der Waals surface area contributed by atoms with Gasteiger partial charge in [-0.15, -0.1) is 0 Å². The van der Waals surface area contributed by atoms with Gasteiger partial charge in [-0.2, -0.15) is 5.10 Å². The van der Waals surface area contributed by atoms with Gasteiger partial charge in [-0.1, -0.05) is 36.7 Å². The van der Waals surface area contributed by atoms with E-state index in [0.717, 1.165) is 39.3 Å². The molecule has 1 aromatic heterocycles. The Hall–Kier alpha value is -3.00. The van der Waals surface area contributed by atoms with E-state index >= 15 is 0 Å². The average Bonchev–Trinajstić information content (AvgIpc) is 3.14. The summed E-state index contributed by atoms with van der Waals surface area (Å²) in [5, 5.41) is 26.2. The summed E-state index contributed by atoms with van der Waals surface area (Å²) in [5.41, 5.74) is 2.29. The Bertz CT molecular complexity index is 1150. The number of phenols is 2. The molecule has 4 rings (SSSR count). The first-order valence-corrected chi connectivity index (χ1v) is 11.2. The lowest BCUT2D eigenvalue weighted by atomic mass is 9.96. The molecule has 0 saturated heterocycles. The minimum absolute atomic E-state index is 0.0302. The lowest BCUT2D eigenvalue weighted by molar-refractivity contribution is 0.373. The number of ether oxygens (including phenoxy) is 2. The first-order valence-electron chi connectivity index (χ1n) is 10.4. The van der Waals surface area contributed by atoms with Crippen molar-refractivity contribution in [3.8, 4) is 44.7 Å². The molecule has 0 atom stereocenters. The number of nitrogens with zero attached hydrogens (tertiary/aromatic N) is 3. The van der Waals surface area contributed by atoms with Gasteiger partial charge in [0.2, 0.25) is 4.80 Å². The molecule has 1 aliphatic carbocycles. The summed E-state index contributed by atoms with van der Waals surface area (Å²) in [7, 11) is 4.91. The highest BCUT2D eigenvalue weighted by atomic mass is 32.1. The Morgan fingerprint density at radius 1 is 0.968 bits per heavy atom. The van der Waals surface area contributed by atoms with Crippen LogP contribution < -0.4 is 14.3 Å². The van der Waals surface area contributed by atoms with Crippen molar-refractivity contribution in [1.29, 1.82) is 0 Å². The molecule has 164 valence electrons. The van der Waals surface area contributed by atoms with Gasteiger partial charge in [-0.25, -0.2) is 4.68 Å². The van der Waals surface area contributed by atoms with Gasteiger partial charge in [0.1, 0.15) is 5.01 Å². The van der Waals surface area contributed by atoms with E-state index in [1.54, 1.807) is 28.9 Å². The van der Waals surface area contributed by atoms with Crippen LogP contribution in [0.25, 0.3) is 21.7 Å². The van der Waals surface area contributed by atoms with Gasteiger partial charge in [-0.3, -0.25) is 4.99 Å². The van der Waals surface area contributed by atoms with Crippen LogP contribution in [0.3, 0.4) is 0 Å². The van der Waals surface area contributed by atoms with E-state index in [9.17, 15) is 10.2 Å². The van der Waals surface area contributed by atoms with Crippen molar-refractivity contribution >= 4 is 11.3 Å². The summed E-state index contributed by atoms with van der Waals surface area (Å²) in [4.78, 5) is 5.80. The first kappa shape index (κ1) is 21.2. The molecule has 1 fully saturated rings. The monoisotopic (exact) mass is 441 g/mol. The van der Waals surface area contributed by atoms with Gasteiger partial charge in [-0.05, 0) is 48.2 Å². The third-order valence-corrected chi connectivity index (χ3v) is 6.66. The third-order valence-electron chi connectivity index (χ3n) is 5.61. The van der Waals surface area contributed by atoms with Crippen LogP contribution in [-0.4, -0.2) is 40.3 Å². The molecule has 0 spiro atoms. The van der Waals surface area contributed by atoms with Crippen molar-refractivity contribution in [2.75, 3.05) is 14.2 Å². The summed E-state index contributed by atoms with van der Waals surface area (Å²) in [6, 6.07) is 8.95. The van der Waals surface area contributed by atoms with Crippen molar-refractivity contribution in [2.45, 2.75) is 38.1 Å². The summed E-state index contributed by atoms with van der Waals surface area (Å²) >= 11 is 1.50. The Morgan fingerprint density at radius 3 is 2.35 bits per heavy atom. The van der Waals surface area contributed by atoms with Gasteiger partial charge in [0.05, 0.1) is 20.3 Å². The first-order chi connectivity index (χ1) is 15.0. The van der Waals surface area contributed by atoms with Crippen molar-refractivity contribution < 1.29 is 19.7 Å². The van der Waals surface area contributed by atoms with Crippen molar-refractivity contribution in [3.05, 3.63) is 35.1 Å². The maximum Gasteiger partial charge on any atom is 0.203 e. The van der Waals surface area contributed by atoms with Crippen LogP contribution in [0, 0.1) is 0 Å². The largest absolute Gasteiger partial charge is 0.504 e. The highest BCUT2D eigenvalue weighted by Crippen LogP contribution is 2.42. The summed E-state index contributed by atoms with van der Waals surface area (Å²) in [6.45, 7) is 0. The molecule has 8 heteroatoms. The zero-order valence-corrected chi connectivity index (χ0v) is 18.8. The van der Waals surface area contributed by atoms with Gasteiger partial charge >= 0.3 is 0 Å². The molecule has 0 unspecified atom stereocenters. The second-order valence-electron chi connectivity index (χ2n) is 7.69. The molecule has 31 heavy (non-hydrogen) atoms. The number of aromatic nitrogens is 2. The van der Waals surface area contributed by atoms with E-state index in [-0.39, 0.29) is 11.5 Å². The normalized spacial score (nSPS) is 15.3. The molecule has 2 aromatic carbocycles. The summed E-state index contributed by atoms with van der Waals surface area (Å²) < 4.78 is 12.3. The van der Waals surface area contributed by atoms with Crippen LogP contribution >= 0.6 is 11.3 Å². The van der Waals surface area contributed by atoms with Crippen LogP contribution in [-0.2, 0) is 7.05 Å². The maximum absolute atomic E-state index is 10.5. The fraction of sp³-hybridized carbons (Fsp3) is 0.391. The Morgan fingerprint density at radius 2 is 1.68 bits per heavy atom. The Kier molecular flexibility index (Phi) is 6.18. The van der Waals surface area contributed by atoms with E-state index in [0.29, 0.717) is 17.5 Å². The SMILES string of the molecule is COc1ccc(-c2cc(OC)c(O)cc2-c2nn(C)c(=NC3CCCCC3)s2)cc1O. The van der Waals surface area contributed by atoms with Gasteiger partial charge in [0, 0.05) is 12.6 Å². The lowest BCUT2D eigenvalue weighted by Gasteiger charge is -2.16. The molecular weight excluding hydrogens is 414 g/mol. The molecule has 1 saturated carbocycles. The van der Waals surface area contributed by atoms with Crippen LogP contribution in [0.4, 0.5) is 0 Å². The summed E-state index contributed by atoms with van der Waals surface area (Å²) in [6.07, 6.45) is 5.97. The molecule has 0 amide bonds. The highest BCUT2D eigenvalue weighted by Gasteiger charge is 2.19. The molecular formula is C23H27N3O4S. The molecule has 2 N–H and O–H groups in total. The maximum atomic E-state index is 10.5. The molecule has 1 aliphatic rings. The van der Waals surface area contributed by atoms with E-state index in [1.807, 2.05) is 13.1 Å². The number of aromatic hydroxyl groups is 2. The van der Waals surface area contributed by atoms with Crippen LogP contribution in [0.5, 0.6) is 23.0 Å². The van der Waals surface area contributed by atoms with Crippen molar-refractivity contribution in [3.63, 3.8) is 0 Å². The second-order valence-corrected chi connectivity index (χ2v) is 8.65. The number of benzene rings is 2. The zero-order chi connectivity index (χ0) is 22.0. The Balaban J connectivity index is 1.83. The van der Waals surface area contributed by atoms with Crippen LogP contribution in [0.15, 0.2) is 35.3 Å². The van der Waals surface area contributed by atoms with E-state index in [1.165, 1.54) is 44.8 Å². The molecule has 0 radical (unpaired) electrons. The molecule has 0 bridgehead atoms. The Labute approximate surface area is 185 Å². The standard InChI is InChI=1S/C23H27N3O4S/c1-26-23(24-15-7-5-4-6-8-15)31-22(25-26)17-12-19(28)21(30-3)13-16(17)14-9-10-20(29-2)18(27)11-14/h9-13,15,27-28H,4-8H2,1-3H3. The van der Waals surface area contributed by atoms with Gasteiger partial charge < -0.3 is 19.7 Å². The number of aryl methyl sites for hydroxylation is 1. The van der Waals surface area contributed by atoms with Gasteiger partial charge in [0.25, 0.3) is 0 Å². The van der Waals surface area contributed by atoms with Gasteiger partial charge in [0.15, 0.2) is 23.0 Å². The quantitative estimate of drug-likeness (QED) is 0.609. The molecule has 3 aromatic rings. The smallest absolute Gasteiger partial charge is 0.203 e. The molecule has 0 aliphatic heterocycles. The number of methoxy groups -OCH3 is 2. The summed E-state index contributed by atoms with van der Waals surface area (Å²) in [5.74, 6) is 0.811. The minimum atomic E-state index is 0.0302. The molecule has 7 nitrogen and oxygen atoms in total. The number of rotatable bonds is 5. The minimum Gasteiger partial charge on any atom is -0.504 e. The topological polar surface area (TPSA) is 89.1 Å². The predicted molar refractivity (Wildman–Crippen MR) is 121 cm³/mol. The average molecular weight is 442 g/mol. The predicted octanol–water partition coefficient (Wildman–Crippen LogP) is 4.48. The number of phenolic OH excluding ortho intramolecular Hbond substituents is 2. The van der Waals surface area contributed by atoms with E-state index < -0.39 is 0 Å². The van der Waals surface area contributed by atoms with Crippen LogP contribution in [0.1, 0.15) is 32.1 Å². The molecule has 1 heterocycles. The lowest BCUT2D eigenvalue weighted by Crippen LogP contribution is -2.18. The second kappa shape index (κ2) is 9.01. The van der Waals surface area contributed by atoms with E-state index in [4.69, 9.17) is 14.5 Å². The number of hydrogen-bond donors (Lipinski definition) is 2. The third kappa shape index (κ3) is 4.39. The van der Waals surface area contributed by atoms with Crippen LogP contribution in [0.2, 0.25) is 0 Å².